The summed E-state index contributed by atoms with van der Waals surface area (Å²) in [5.41, 5.74) is -0.227. The first kappa shape index (κ1) is 16.5. The molecule has 0 saturated carbocycles. The molecule has 1 N–H and O–H groups in total. The Morgan fingerprint density at radius 3 is 2.62 bits per heavy atom. The van der Waals surface area contributed by atoms with Crippen LogP contribution in [0.5, 0.6) is 5.75 Å². The number of pyridine rings is 1. The van der Waals surface area contributed by atoms with E-state index in [2.05, 4.69) is 14.5 Å². The zero-order valence-electron chi connectivity index (χ0n) is 10.7. The molecule has 114 valence electrons. The van der Waals surface area contributed by atoms with E-state index in [9.17, 15) is 27.9 Å². The second kappa shape index (κ2) is 6.73. The Morgan fingerprint density at radius 1 is 1.38 bits per heavy atom. The smallest absolute Gasteiger partial charge is 0.507 e. The molecular formula is C12H10F3NO5. The van der Waals surface area contributed by atoms with Crippen LogP contribution in [-0.2, 0) is 14.3 Å². The van der Waals surface area contributed by atoms with Gasteiger partial charge in [0.05, 0.1) is 12.8 Å². The lowest BCUT2D eigenvalue weighted by Crippen LogP contribution is -2.17. The SMILES string of the molecule is CCOC(=O)C(=O)C=C(O)c1cncc(OC(F)(F)F)c1. The number of aromatic nitrogens is 1. The van der Waals surface area contributed by atoms with Crippen molar-refractivity contribution >= 4 is 17.5 Å². The number of alkyl halides is 3. The molecule has 0 atom stereocenters. The van der Waals surface area contributed by atoms with Crippen LogP contribution < -0.4 is 4.74 Å². The molecule has 6 nitrogen and oxygen atoms in total. The number of ether oxygens (including phenoxy) is 2. The predicted octanol–water partition coefficient (Wildman–Crippen LogP) is 2.01. The molecule has 1 heterocycles. The topological polar surface area (TPSA) is 85.7 Å². The number of hydrogen-bond acceptors (Lipinski definition) is 6. The zero-order valence-corrected chi connectivity index (χ0v) is 10.7. The Bertz CT molecular complexity index is 568. The maximum Gasteiger partial charge on any atom is 0.573 e. The van der Waals surface area contributed by atoms with Crippen molar-refractivity contribution in [1.29, 1.82) is 0 Å². The fraction of sp³-hybridized carbons (Fsp3) is 0.250. The molecule has 0 aliphatic heterocycles. The van der Waals surface area contributed by atoms with Crippen molar-refractivity contribution < 1.29 is 37.3 Å². The number of hydrogen-bond donors (Lipinski definition) is 1. The van der Waals surface area contributed by atoms with Crippen LogP contribution in [0.4, 0.5) is 13.2 Å². The highest BCUT2D eigenvalue weighted by Crippen LogP contribution is 2.24. The van der Waals surface area contributed by atoms with Crippen molar-refractivity contribution in [2.45, 2.75) is 13.3 Å². The van der Waals surface area contributed by atoms with Crippen LogP contribution in [0.1, 0.15) is 12.5 Å². The average molecular weight is 305 g/mol. The Morgan fingerprint density at radius 2 is 2.05 bits per heavy atom. The normalized spacial score (nSPS) is 11.9. The molecule has 0 amide bonds. The second-order valence-electron chi connectivity index (χ2n) is 3.57. The van der Waals surface area contributed by atoms with Crippen LogP contribution in [0.25, 0.3) is 5.76 Å². The maximum absolute atomic E-state index is 12.0. The van der Waals surface area contributed by atoms with Crippen molar-refractivity contribution in [1.82, 2.24) is 4.98 Å². The van der Waals surface area contributed by atoms with E-state index in [1.54, 1.807) is 0 Å². The van der Waals surface area contributed by atoms with Crippen LogP contribution >= 0.6 is 0 Å². The van der Waals surface area contributed by atoms with Gasteiger partial charge in [0.25, 0.3) is 5.78 Å². The van der Waals surface area contributed by atoms with Gasteiger partial charge in [-0.15, -0.1) is 13.2 Å². The van der Waals surface area contributed by atoms with E-state index in [1.807, 2.05) is 0 Å². The van der Waals surface area contributed by atoms with Gasteiger partial charge in [-0.1, -0.05) is 0 Å². The molecule has 0 fully saturated rings. The lowest BCUT2D eigenvalue weighted by atomic mass is 10.2. The minimum absolute atomic E-state index is 0.0321. The van der Waals surface area contributed by atoms with E-state index in [4.69, 9.17) is 0 Å². The summed E-state index contributed by atoms with van der Waals surface area (Å²) in [7, 11) is 0. The Labute approximate surface area is 116 Å². The molecule has 0 aliphatic carbocycles. The summed E-state index contributed by atoms with van der Waals surface area (Å²) in [5.74, 6) is -3.77. The highest BCUT2D eigenvalue weighted by molar-refractivity contribution is 6.39. The third-order valence-electron chi connectivity index (χ3n) is 1.99. The standard InChI is InChI=1S/C12H10F3NO5/c1-2-20-11(19)10(18)4-9(17)7-3-8(6-16-5-7)21-12(13,14)15/h3-6,17H,2H2,1H3. The van der Waals surface area contributed by atoms with Gasteiger partial charge in [-0.3, -0.25) is 9.78 Å². The van der Waals surface area contributed by atoms with Crippen molar-refractivity contribution in [3.8, 4) is 5.75 Å². The third-order valence-corrected chi connectivity index (χ3v) is 1.99. The number of aliphatic hydroxyl groups is 1. The van der Waals surface area contributed by atoms with Gasteiger partial charge in [0.2, 0.25) is 0 Å². The molecule has 1 aromatic rings. The van der Waals surface area contributed by atoms with Crippen molar-refractivity contribution in [3.63, 3.8) is 0 Å². The van der Waals surface area contributed by atoms with E-state index in [1.165, 1.54) is 6.92 Å². The van der Waals surface area contributed by atoms with Crippen molar-refractivity contribution in [3.05, 3.63) is 30.1 Å². The Hall–Kier alpha value is -2.58. The van der Waals surface area contributed by atoms with E-state index in [0.29, 0.717) is 6.08 Å². The molecular weight excluding hydrogens is 295 g/mol. The number of carbonyl (C=O) groups is 2. The minimum Gasteiger partial charge on any atom is -0.507 e. The van der Waals surface area contributed by atoms with Gasteiger partial charge in [0.15, 0.2) is 0 Å². The van der Waals surface area contributed by atoms with Crippen LogP contribution in [-0.4, -0.2) is 34.8 Å². The number of rotatable bonds is 5. The molecule has 0 spiro atoms. The van der Waals surface area contributed by atoms with Crippen molar-refractivity contribution in [2.75, 3.05) is 6.61 Å². The molecule has 1 aromatic heterocycles. The summed E-state index contributed by atoms with van der Waals surface area (Å²) >= 11 is 0. The van der Waals surface area contributed by atoms with Gasteiger partial charge < -0.3 is 14.6 Å². The summed E-state index contributed by atoms with van der Waals surface area (Å²) in [5, 5.41) is 9.59. The molecule has 1 rings (SSSR count). The second-order valence-corrected chi connectivity index (χ2v) is 3.57. The molecule has 0 bridgehead atoms. The van der Waals surface area contributed by atoms with E-state index < -0.39 is 29.6 Å². The molecule has 0 unspecified atom stereocenters. The number of ketones is 1. The van der Waals surface area contributed by atoms with Gasteiger partial charge in [-0.25, -0.2) is 4.79 Å². The highest BCUT2D eigenvalue weighted by Gasteiger charge is 2.31. The Kier molecular flexibility index (Phi) is 5.28. The van der Waals surface area contributed by atoms with E-state index >= 15 is 0 Å². The molecule has 0 saturated heterocycles. The summed E-state index contributed by atoms with van der Waals surface area (Å²) in [6.45, 7) is 1.45. The number of aliphatic hydroxyl groups excluding tert-OH is 1. The highest BCUT2D eigenvalue weighted by atomic mass is 19.4. The zero-order chi connectivity index (χ0) is 16.0. The van der Waals surface area contributed by atoms with Gasteiger partial charge >= 0.3 is 12.3 Å². The largest absolute Gasteiger partial charge is 0.573 e. The fourth-order valence-electron chi connectivity index (χ4n) is 1.22. The Balaban J connectivity index is 2.92. The monoisotopic (exact) mass is 305 g/mol. The molecule has 0 aromatic carbocycles. The first-order valence-electron chi connectivity index (χ1n) is 5.56. The number of carbonyl (C=O) groups excluding carboxylic acids is 2. The van der Waals surface area contributed by atoms with E-state index in [-0.39, 0.29) is 12.2 Å². The quantitative estimate of drug-likeness (QED) is 0.387. The molecule has 21 heavy (non-hydrogen) atoms. The average Bonchev–Trinajstić information content (AvgIpc) is 2.37. The summed E-state index contributed by atoms with van der Waals surface area (Å²) < 4.78 is 44.1. The van der Waals surface area contributed by atoms with Gasteiger partial charge in [0, 0.05) is 17.8 Å². The summed E-state index contributed by atoms with van der Waals surface area (Å²) in [6.07, 6.45) is -2.63. The summed E-state index contributed by atoms with van der Waals surface area (Å²) in [4.78, 5) is 25.8. The van der Waals surface area contributed by atoms with Crippen LogP contribution in [0.15, 0.2) is 24.5 Å². The maximum atomic E-state index is 12.0. The fourth-order valence-corrected chi connectivity index (χ4v) is 1.22. The van der Waals surface area contributed by atoms with Crippen LogP contribution in [0.2, 0.25) is 0 Å². The minimum atomic E-state index is -4.92. The van der Waals surface area contributed by atoms with Gasteiger partial charge in [-0.2, -0.15) is 0 Å². The number of esters is 1. The van der Waals surface area contributed by atoms with Gasteiger partial charge in [0.1, 0.15) is 11.5 Å². The van der Waals surface area contributed by atoms with Crippen LogP contribution in [0, 0.1) is 0 Å². The number of halogens is 3. The third kappa shape index (κ3) is 5.51. The van der Waals surface area contributed by atoms with E-state index in [0.717, 1.165) is 18.5 Å². The van der Waals surface area contributed by atoms with Gasteiger partial charge in [-0.05, 0) is 13.0 Å². The van der Waals surface area contributed by atoms with Crippen molar-refractivity contribution in [2.24, 2.45) is 0 Å². The summed E-state index contributed by atoms with van der Waals surface area (Å²) in [6, 6.07) is 0.810. The van der Waals surface area contributed by atoms with Crippen LogP contribution in [0.3, 0.4) is 0 Å². The number of nitrogens with zero attached hydrogens (tertiary/aromatic N) is 1. The molecule has 0 aliphatic rings. The predicted molar refractivity (Wildman–Crippen MR) is 63.2 cm³/mol. The first-order valence-corrected chi connectivity index (χ1v) is 5.56. The molecule has 0 radical (unpaired) electrons. The lowest BCUT2D eigenvalue weighted by molar-refractivity contribution is -0.274. The molecule has 9 heteroatoms. The lowest BCUT2D eigenvalue weighted by Gasteiger charge is -2.09. The first-order chi connectivity index (χ1) is 9.73.